The molecule has 1 fully saturated rings. The van der Waals surface area contributed by atoms with E-state index >= 15 is 0 Å². The largest absolute Gasteiger partial charge is 0.343 e. The molecule has 0 spiro atoms. The van der Waals surface area contributed by atoms with Gasteiger partial charge in [0.25, 0.3) is 0 Å². The van der Waals surface area contributed by atoms with E-state index in [1.807, 2.05) is 18.9 Å². The molecule has 1 rings (SSSR count). The molecule has 1 heterocycles. The van der Waals surface area contributed by atoms with Crippen LogP contribution in [0.3, 0.4) is 0 Å². The number of nitrogens with zero attached hydrogens (tertiary/aromatic N) is 2. The van der Waals surface area contributed by atoms with Crippen molar-refractivity contribution in [3.8, 4) is 0 Å². The molecule has 0 saturated carbocycles. The molecule has 0 aliphatic carbocycles. The fourth-order valence-electron chi connectivity index (χ4n) is 2.01. The van der Waals surface area contributed by atoms with Crippen LogP contribution < -0.4 is 5.73 Å². The Morgan fingerprint density at radius 3 is 2.44 bits per heavy atom. The molecular weight excluding hydrogens is 226 g/mol. The number of hydrogen-bond acceptors (Lipinski definition) is 3. The lowest BCUT2D eigenvalue weighted by Crippen LogP contribution is -2.45. The minimum absolute atomic E-state index is 0. The number of rotatable bonds is 3. The van der Waals surface area contributed by atoms with Crippen LogP contribution in [0.2, 0.25) is 0 Å². The Kier molecular flexibility index (Phi) is 6.95. The maximum Gasteiger partial charge on any atom is 0.224 e. The Morgan fingerprint density at radius 1 is 1.50 bits per heavy atom. The average molecular weight is 250 g/mol. The molecule has 0 bridgehead atoms. The molecule has 1 aliphatic rings. The van der Waals surface area contributed by atoms with Crippen molar-refractivity contribution in [3.05, 3.63) is 0 Å². The van der Waals surface area contributed by atoms with Crippen molar-refractivity contribution in [2.24, 2.45) is 5.73 Å². The van der Waals surface area contributed by atoms with E-state index < -0.39 is 0 Å². The number of carbonyl (C=O) groups excluding carboxylic acids is 1. The van der Waals surface area contributed by atoms with Crippen LogP contribution in [0.25, 0.3) is 0 Å². The first-order valence-electron chi connectivity index (χ1n) is 5.70. The van der Waals surface area contributed by atoms with Crippen LogP contribution in [0.5, 0.6) is 0 Å². The van der Waals surface area contributed by atoms with Crippen LogP contribution >= 0.6 is 12.4 Å². The maximum atomic E-state index is 11.8. The van der Waals surface area contributed by atoms with Crippen LogP contribution in [0, 0.1) is 0 Å². The zero-order valence-corrected chi connectivity index (χ0v) is 11.3. The lowest BCUT2D eigenvalue weighted by Gasteiger charge is -2.35. The summed E-state index contributed by atoms with van der Waals surface area (Å²) in [5, 5.41) is 0. The van der Waals surface area contributed by atoms with Gasteiger partial charge in [-0.2, -0.15) is 0 Å². The number of piperidine rings is 1. The van der Waals surface area contributed by atoms with Gasteiger partial charge < -0.3 is 15.5 Å². The standard InChI is InChI=1S/C11H23N3O.ClH/c1-9(12)8-11(15)14(3)10-4-6-13(2)7-5-10;/h9-10H,4-8,12H2,1-3H3;1H. The second-order valence-electron chi connectivity index (χ2n) is 4.72. The molecule has 2 N–H and O–H groups in total. The van der Waals surface area contributed by atoms with Crippen molar-refractivity contribution in [3.63, 3.8) is 0 Å². The lowest BCUT2D eigenvalue weighted by molar-refractivity contribution is -0.133. The Morgan fingerprint density at radius 2 is 2.00 bits per heavy atom. The molecule has 0 radical (unpaired) electrons. The average Bonchev–Trinajstić information content (AvgIpc) is 2.17. The summed E-state index contributed by atoms with van der Waals surface area (Å²) in [6.45, 7) is 4.04. The summed E-state index contributed by atoms with van der Waals surface area (Å²) in [6, 6.07) is 0.374. The molecule has 1 aliphatic heterocycles. The van der Waals surface area contributed by atoms with Gasteiger partial charge in [0.15, 0.2) is 0 Å². The van der Waals surface area contributed by atoms with E-state index in [9.17, 15) is 4.79 Å². The van der Waals surface area contributed by atoms with Gasteiger partial charge in [-0.15, -0.1) is 12.4 Å². The third-order valence-corrected chi connectivity index (χ3v) is 3.13. The highest BCUT2D eigenvalue weighted by Gasteiger charge is 2.23. The van der Waals surface area contributed by atoms with Crippen LogP contribution in [-0.2, 0) is 4.79 Å². The monoisotopic (exact) mass is 249 g/mol. The highest BCUT2D eigenvalue weighted by Crippen LogP contribution is 2.14. The number of amides is 1. The minimum Gasteiger partial charge on any atom is -0.343 e. The molecule has 5 heteroatoms. The smallest absolute Gasteiger partial charge is 0.224 e. The molecule has 1 atom stereocenters. The first-order chi connectivity index (χ1) is 7.00. The van der Waals surface area contributed by atoms with Crippen molar-refractivity contribution in [1.29, 1.82) is 0 Å². The van der Waals surface area contributed by atoms with Gasteiger partial charge in [0, 0.05) is 25.6 Å². The molecule has 0 aromatic carbocycles. The molecule has 0 aromatic heterocycles. The summed E-state index contributed by atoms with van der Waals surface area (Å²) in [7, 11) is 4.03. The zero-order valence-electron chi connectivity index (χ0n) is 10.5. The van der Waals surface area contributed by atoms with Crippen molar-refractivity contribution >= 4 is 18.3 Å². The Labute approximate surface area is 105 Å². The van der Waals surface area contributed by atoms with Gasteiger partial charge >= 0.3 is 0 Å². The SMILES string of the molecule is CC(N)CC(=O)N(C)C1CCN(C)CC1.Cl. The molecule has 4 nitrogen and oxygen atoms in total. The van der Waals surface area contributed by atoms with Gasteiger partial charge in [-0.05, 0) is 39.9 Å². The van der Waals surface area contributed by atoms with Gasteiger partial charge in [0.05, 0.1) is 0 Å². The predicted octanol–water partition coefficient (Wildman–Crippen LogP) is 0.698. The van der Waals surface area contributed by atoms with Crippen LogP contribution in [0.1, 0.15) is 26.2 Å². The van der Waals surface area contributed by atoms with Crippen LogP contribution in [0.15, 0.2) is 0 Å². The fraction of sp³-hybridized carbons (Fsp3) is 0.909. The van der Waals surface area contributed by atoms with E-state index in [0.29, 0.717) is 12.5 Å². The van der Waals surface area contributed by atoms with Crippen molar-refractivity contribution in [2.75, 3.05) is 27.2 Å². The minimum atomic E-state index is -0.0359. The molecule has 1 saturated heterocycles. The Bertz CT molecular complexity index is 215. The summed E-state index contributed by atoms with van der Waals surface area (Å²) in [5.74, 6) is 0.180. The second kappa shape index (κ2) is 7.09. The van der Waals surface area contributed by atoms with Crippen molar-refractivity contribution in [2.45, 2.75) is 38.3 Å². The number of nitrogens with two attached hydrogens (primary N) is 1. The highest BCUT2D eigenvalue weighted by atomic mass is 35.5. The molecular formula is C11H24ClN3O. The first kappa shape index (κ1) is 15.7. The van der Waals surface area contributed by atoms with Crippen LogP contribution in [0.4, 0.5) is 0 Å². The van der Waals surface area contributed by atoms with Crippen molar-refractivity contribution in [1.82, 2.24) is 9.80 Å². The number of hydrogen-bond donors (Lipinski definition) is 1. The molecule has 0 aromatic rings. The summed E-state index contributed by atoms with van der Waals surface area (Å²) < 4.78 is 0. The number of likely N-dealkylation sites (tertiary alicyclic amines) is 1. The van der Waals surface area contributed by atoms with Gasteiger partial charge in [-0.25, -0.2) is 0 Å². The predicted molar refractivity (Wildman–Crippen MR) is 68.8 cm³/mol. The van der Waals surface area contributed by atoms with Gasteiger partial charge in [0.2, 0.25) is 5.91 Å². The second-order valence-corrected chi connectivity index (χ2v) is 4.72. The summed E-state index contributed by atoms with van der Waals surface area (Å²) in [6.07, 6.45) is 2.62. The zero-order chi connectivity index (χ0) is 11.4. The van der Waals surface area contributed by atoms with E-state index in [4.69, 9.17) is 5.73 Å². The number of halogens is 1. The van der Waals surface area contributed by atoms with E-state index in [-0.39, 0.29) is 24.4 Å². The van der Waals surface area contributed by atoms with Gasteiger partial charge in [0.1, 0.15) is 0 Å². The third kappa shape index (κ3) is 4.68. The normalized spacial score (nSPS) is 20.0. The topological polar surface area (TPSA) is 49.6 Å². The van der Waals surface area contributed by atoms with E-state index in [1.54, 1.807) is 0 Å². The molecule has 1 amide bonds. The summed E-state index contributed by atoms with van der Waals surface area (Å²) in [4.78, 5) is 16.0. The number of carbonyl (C=O) groups is 1. The lowest BCUT2D eigenvalue weighted by atomic mass is 10.0. The maximum absolute atomic E-state index is 11.8. The summed E-state index contributed by atoms with van der Waals surface area (Å²) >= 11 is 0. The Hall–Kier alpha value is -0.320. The van der Waals surface area contributed by atoms with E-state index in [1.165, 1.54) is 0 Å². The van der Waals surface area contributed by atoms with E-state index in [0.717, 1.165) is 25.9 Å². The summed E-state index contributed by atoms with van der Waals surface area (Å²) in [5.41, 5.74) is 5.63. The Balaban J connectivity index is 0.00000225. The van der Waals surface area contributed by atoms with Crippen molar-refractivity contribution < 1.29 is 4.79 Å². The van der Waals surface area contributed by atoms with E-state index in [2.05, 4.69) is 11.9 Å². The molecule has 1 unspecified atom stereocenters. The molecule has 16 heavy (non-hydrogen) atoms. The quantitative estimate of drug-likeness (QED) is 0.801. The van der Waals surface area contributed by atoms with Crippen LogP contribution in [-0.4, -0.2) is 55.0 Å². The fourth-order valence-corrected chi connectivity index (χ4v) is 2.01. The highest BCUT2D eigenvalue weighted by molar-refractivity contribution is 5.85. The molecule has 96 valence electrons. The van der Waals surface area contributed by atoms with Gasteiger partial charge in [-0.1, -0.05) is 0 Å². The third-order valence-electron chi connectivity index (χ3n) is 3.13. The van der Waals surface area contributed by atoms with Gasteiger partial charge in [-0.3, -0.25) is 4.79 Å². The first-order valence-corrected chi connectivity index (χ1v) is 5.70.